The van der Waals surface area contributed by atoms with Gasteiger partial charge in [-0.25, -0.2) is 0 Å². The Morgan fingerprint density at radius 1 is 1.30 bits per heavy atom. The first kappa shape index (κ1) is 15.8. The molecule has 1 atom stereocenters. The highest BCUT2D eigenvalue weighted by molar-refractivity contribution is 7.10. The van der Waals surface area contributed by atoms with Crippen LogP contribution < -0.4 is 5.32 Å². The molecule has 1 fully saturated rings. The smallest absolute Gasteiger partial charge is 0.309 e. The molecule has 5 heteroatoms. The number of hydrogen-bond acceptors (Lipinski definition) is 2. The minimum Gasteiger partial charge on any atom is -0.309 e. The summed E-state index contributed by atoms with van der Waals surface area (Å²) in [5, 5.41) is 5.56. The van der Waals surface area contributed by atoms with E-state index in [1.165, 1.54) is 4.88 Å². The van der Waals surface area contributed by atoms with Crippen LogP contribution in [-0.4, -0.2) is 12.7 Å². The molecule has 0 aliphatic heterocycles. The maximum absolute atomic E-state index is 12.7. The zero-order chi connectivity index (χ0) is 14.6. The molecule has 2 rings (SSSR count). The molecule has 0 spiro atoms. The van der Waals surface area contributed by atoms with Crippen LogP contribution in [0.15, 0.2) is 17.5 Å². The van der Waals surface area contributed by atoms with E-state index in [9.17, 15) is 13.2 Å². The third kappa shape index (κ3) is 3.98. The second kappa shape index (κ2) is 6.94. The van der Waals surface area contributed by atoms with Crippen LogP contribution in [-0.2, 0) is 0 Å². The highest BCUT2D eigenvalue weighted by Gasteiger charge is 2.42. The first-order valence-electron chi connectivity index (χ1n) is 7.36. The molecule has 0 saturated heterocycles. The maximum atomic E-state index is 12.7. The molecular weight excluding hydrogens is 283 g/mol. The monoisotopic (exact) mass is 305 g/mol. The van der Waals surface area contributed by atoms with Gasteiger partial charge in [0.25, 0.3) is 0 Å². The lowest BCUT2D eigenvalue weighted by molar-refractivity contribution is -0.184. The van der Waals surface area contributed by atoms with E-state index in [1.54, 1.807) is 11.3 Å². The van der Waals surface area contributed by atoms with E-state index in [2.05, 4.69) is 18.3 Å². The van der Waals surface area contributed by atoms with Crippen molar-refractivity contribution in [3.8, 4) is 0 Å². The lowest BCUT2D eigenvalue weighted by Gasteiger charge is -2.34. The zero-order valence-corrected chi connectivity index (χ0v) is 12.6. The molecular formula is C15H22F3NS. The average molecular weight is 305 g/mol. The third-order valence-electron chi connectivity index (χ3n) is 4.17. The highest BCUT2D eigenvalue weighted by Crippen LogP contribution is 2.43. The summed E-state index contributed by atoms with van der Waals surface area (Å²) in [6, 6.07) is 4.33. The number of halogens is 3. The summed E-state index contributed by atoms with van der Waals surface area (Å²) in [6.07, 6.45) is -1.07. The molecule has 0 amide bonds. The van der Waals surface area contributed by atoms with Crippen LogP contribution in [0.1, 0.15) is 49.9 Å². The van der Waals surface area contributed by atoms with Crippen LogP contribution in [0, 0.1) is 11.8 Å². The third-order valence-corrected chi connectivity index (χ3v) is 5.13. The Morgan fingerprint density at radius 2 is 2.00 bits per heavy atom. The summed E-state index contributed by atoms with van der Waals surface area (Å²) in [5.41, 5.74) is 0. The van der Waals surface area contributed by atoms with Crippen LogP contribution in [0.5, 0.6) is 0 Å². The Labute approximate surface area is 122 Å². The first-order chi connectivity index (χ1) is 9.52. The second-order valence-corrected chi connectivity index (χ2v) is 6.58. The topological polar surface area (TPSA) is 12.0 Å². The fraction of sp³-hybridized carbons (Fsp3) is 0.733. The lowest BCUT2D eigenvalue weighted by Crippen LogP contribution is -2.34. The molecule has 0 radical (unpaired) electrons. The molecule has 114 valence electrons. The van der Waals surface area contributed by atoms with Gasteiger partial charge in [0, 0.05) is 10.9 Å². The van der Waals surface area contributed by atoms with Gasteiger partial charge in [-0.1, -0.05) is 13.0 Å². The van der Waals surface area contributed by atoms with Crippen molar-refractivity contribution in [2.45, 2.75) is 51.2 Å². The van der Waals surface area contributed by atoms with Crippen molar-refractivity contribution in [3.63, 3.8) is 0 Å². The van der Waals surface area contributed by atoms with Gasteiger partial charge in [0.15, 0.2) is 0 Å². The fourth-order valence-electron chi connectivity index (χ4n) is 3.05. The van der Waals surface area contributed by atoms with E-state index in [0.717, 1.165) is 13.0 Å². The summed E-state index contributed by atoms with van der Waals surface area (Å²) in [5.74, 6) is -0.757. The zero-order valence-electron chi connectivity index (χ0n) is 11.7. The van der Waals surface area contributed by atoms with Gasteiger partial charge >= 0.3 is 6.18 Å². The summed E-state index contributed by atoms with van der Waals surface area (Å²) < 4.78 is 38.2. The van der Waals surface area contributed by atoms with Gasteiger partial charge in [-0.05, 0) is 56.0 Å². The Hall–Kier alpha value is -0.550. The van der Waals surface area contributed by atoms with Crippen molar-refractivity contribution >= 4 is 11.3 Å². The minimum atomic E-state index is -4.01. The molecule has 1 saturated carbocycles. The Morgan fingerprint density at radius 3 is 2.50 bits per heavy atom. The average Bonchev–Trinajstić information content (AvgIpc) is 2.93. The molecule has 1 nitrogen and oxygen atoms in total. The molecule has 1 N–H and O–H groups in total. The minimum absolute atomic E-state index is 0.226. The van der Waals surface area contributed by atoms with Crippen molar-refractivity contribution in [3.05, 3.63) is 22.4 Å². The standard InChI is InChI=1S/C15H22F3NS/c1-2-9-19-14(13-4-3-10-20-13)11-5-7-12(8-6-11)15(16,17)18/h3-4,10-12,14,19H,2,5-9H2,1H3. The summed E-state index contributed by atoms with van der Waals surface area (Å²) >= 11 is 1.70. The maximum Gasteiger partial charge on any atom is 0.391 e. The normalized spacial score (nSPS) is 25.6. The molecule has 20 heavy (non-hydrogen) atoms. The van der Waals surface area contributed by atoms with E-state index < -0.39 is 12.1 Å². The Kier molecular flexibility index (Phi) is 5.49. The quantitative estimate of drug-likeness (QED) is 0.792. The molecule has 1 unspecified atom stereocenters. The van der Waals surface area contributed by atoms with Crippen molar-refractivity contribution in [1.29, 1.82) is 0 Å². The highest BCUT2D eigenvalue weighted by atomic mass is 32.1. The van der Waals surface area contributed by atoms with Crippen LogP contribution >= 0.6 is 11.3 Å². The van der Waals surface area contributed by atoms with E-state index in [4.69, 9.17) is 0 Å². The van der Waals surface area contributed by atoms with Crippen LogP contribution in [0.2, 0.25) is 0 Å². The largest absolute Gasteiger partial charge is 0.391 e. The Bertz CT molecular complexity index is 380. The number of thiophene rings is 1. The van der Waals surface area contributed by atoms with Crippen molar-refractivity contribution in [2.75, 3.05) is 6.54 Å². The molecule has 1 heterocycles. The Balaban J connectivity index is 1.98. The van der Waals surface area contributed by atoms with Gasteiger partial charge in [0.05, 0.1) is 5.92 Å². The number of alkyl halides is 3. The van der Waals surface area contributed by atoms with Crippen molar-refractivity contribution in [1.82, 2.24) is 5.32 Å². The van der Waals surface area contributed by atoms with Gasteiger partial charge in [0.1, 0.15) is 0 Å². The molecule has 1 aromatic heterocycles. The van der Waals surface area contributed by atoms with Crippen molar-refractivity contribution < 1.29 is 13.2 Å². The summed E-state index contributed by atoms with van der Waals surface area (Å²) in [6.45, 7) is 3.03. The molecule has 1 aromatic rings. The van der Waals surface area contributed by atoms with Crippen LogP contribution in [0.3, 0.4) is 0 Å². The fourth-order valence-corrected chi connectivity index (χ4v) is 3.94. The van der Waals surface area contributed by atoms with Gasteiger partial charge in [-0.3, -0.25) is 0 Å². The summed E-state index contributed by atoms with van der Waals surface area (Å²) in [4.78, 5) is 1.26. The lowest BCUT2D eigenvalue weighted by atomic mass is 9.78. The van der Waals surface area contributed by atoms with E-state index >= 15 is 0 Å². The van der Waals surface area contributed by atoms with E-state index in [1.807, 2.05) is 11.4 Å². The van der Waals surface area contributed by atoms with Gasteiger partial charge in [0.2, 0.25) is 0 Å². The van der Waals surface area contributed by atoms with Crippen molar-refractivity contribution in [2.24, 2.45) is 11.8 Å². The van der Waals surface area contributed by atoms with E-state index in [-0.39, 0.29) is 18.9 Å². The molecule has 1 aliphatic carbocycles. The predicted molar refractivity (Wildman–Crippen MR) is 76.9 cm³/mol. The summed E-state index contributed by atoms with van der Waals surface area (Å²) in [7, 11) is 0. The van der Waals surface area contributed by atoms with Gasteiger partial charge < -0.3 is 5.32 Å². The number of nitrogens with one attached hydrogen (secondary N) is 1. The van der Waals surface area contributed by atoms with Gasteiger partial charge in [-0.2, -0.15) is 13.2 Å². The van der Waals surface area contributed by atoms with Crippen LogP contribution in [0.25, 0.3) is 0 Å². The van der Waals surface area contributed by atoms with Crippen LogP contribution in [0.4, 0.5) is 13.2 Å². The SMILES string of the molecule is CCCNC(c1cccs1)C1CCC(C(F)(F)F)CC1. The number of hydrogen-bond donors (Lipinski definition) is 1. The first-order valence-corrected chi connectivity index (χ1v) is 8.23. The number of rotatable bonds is 5. The predicted octanol–water partition coefficient (Wildman–Crippen LogP) is 5.16. The molecule has 0 aromatic carbocycles. The second-order valence-electron chi connectivity index (χ2n) is 5.60. The van der Waals surface area contributed by atoms with Gasteiger partial charge in [-0.15, -0.1) is 11.3 Å². The van der Waals surface area contributed by atoms with E-state index in [0.29, 0.717) is 18.8 Å². The molecule has 0 bridgehead atoms. The molecule has 1 aliphatic rings.